The SMILES string of the molecule is CCCNC(c1c(C)cc(C)cc1OC)C(C)S(C)(=O)=O. The number of sulfone groups is 1. The van der Waals surface area contributed by atoms with Crippen LogP contribution in [0.3, 0.4) is 0 Å². The number of hydrogen-bond acceptors (Lipinski definition) is 4. The van der Waals surface area contributed by atoms with Gasteiger partial charge in [-0.05, 0) is 50.9 Å². The van der Waals surface area contributed by atoms with Crippen molar-refractivity contribution >= 4 is 9.84 Å². The molecule has 0 aromatic heterocycles. The van der Waals surface area contributed by atoms with Gasteiger partial charge in [0.1, 0.15) is 5.75 Å². The first-order chi connectivity index (χ1) is 9.72. The van der Waals surface area contributed by atoms with Gasteiger partial charge in [-0.2, -0.15) is 0 Å². The quantitative estimate of drug-likeness (QED) is 0.841. The Morgan fingerprint density at radius 2 is 1.90 bits per heavy atom. The summed E-state index contributed by atoms with van der Waals surface area (Å²) in [6.45, 7) is 8.59. The molecular weight excluding hydrogens is 286 g/mol. The Morgan fingerprint density at radius 3 is 2.38 bits per heavy atom. The van der Waals surface area contributed by atoms with Gasteiger partial charge >= 0.3 is 0 Å². The van der Waals surface area contributed by atoms with Crippen LogP contribution < -0.4 is 10.1 Å². The zero-order chi connectivity index (χ0) is 16.2. The van der Waals surface area contributed by atoms with Crippen LogP contribution in [0.2, 0.25) is 0 Å². The van der Waals surface area contributed by atoms with Gasteiger partial charge in [0.25, 0.3) is 0 Å². The molecule has 21 heavy (non-hydrogen) atoms. The van der Waals surface area contributed by atoms with E-state index in [4.69, 9.17) is 4.74 Å². The molecule has 2 atom stereocenters. The van der Waals surface area contributed by atoms with Crippen molar-refractivity contribution in [1.29, 1.82) is 0 Å². The summed E-state index contributed by atoms with van der Waals surface area (Å²) in [5.41, 5.74) is 3.10. The highest BCUT2D eigenvalue weighted by Gasteiger charge is 2.30. The zero-order valence-corrected chi connectivity index (χ0v) is 14.7. The highest BCUT2D eigenvalue weighted by molar-refractivity contribution is 7.91. The molecule has 0 aliphatic heterocycles. The third-order valence-electron chi connectivity index (χ3n) is 3.78. The van der Waals surface area contributed by atoms with Crippen molar-refractivity contribution in [3.63, 3.8) is 0 Å². The molecule has 4 nitrogen and oxygen atoms in total. The first-order valence-electron chi connectivity index (χ1n) is 7.29. The lowest BCUT2D eigenvalue weighted by atomic mass is 9.95. The molecule has 2 unspecified atom stereocenters. The van der Waals surface area contributed by atoms with Crippen molar-refractivity contribution in [2.45, 2.75) is 45.4 Å². The third-order valence-corrected chi connectivity index (χ3v) is 5.41. The van der Waals surface area contributed by atoms with E-state index in [0.717, 1.165) is 35.4 Å². The minimum absolute atomic E-state index is 0.268. The van der Waals surface area contributed by atoms with Crippen molar-refractivity contribution < 1.29 is 13.2 Å². The van der Waals surface area contributed by atoms with Gasteiger partial charge in [0.15, 0.2) is 9.84 Å². The summed E-state index contributed by atoms with van der Waals surface area (Å²) >= 11 is 0. The van der Waals surface area contributed by atoms with E-state index < -0.39 is 15.1 Å². The largest absolute Gasteiger partial charge is 0.496 e. The maximum Gasteiger partial charge on any atom is 0.151 e. The first kappa shape index (κ1) is 18.0. The number of methoxy groups -OCH3 is 1. The molecule has 0 fully saturated rings. The summed E-state index contributed by atoms with van der Waals surface area (Å²) in [6.07, 6.45) is 2.23. The minimum Gasteiger partial charge on any atom is -0.496 e. The van der Waals surface area contributed by atoms with Gasteiger partial charge in [0.2, 0.25) is 0 Å². The molecule has 0 radical (unpaired) electrons. The molecule has 0 amide bonds. The van der Waals surface area contributed by atoms with Crippen LogP contribution in [0, 0.1) is 13.8 Å². The lowest BCUT2D eigenvalue weighted by molar-refractivity contribution is 0.395. The second-order valence-corrected chi connectivity index (χ2v) is 8.07. The zero-order valence-electron chi connectivity index (χ0n) is 13.9. The van der Waals surface area contributed by atoms with Gasteiger partial charge in [-0.25, -0.2) is 8.42 Å². The molecule has 0 spiro atoms. The van der Waals surface area contributed by atoms with Gasteiger partial charge < -0.3 is 10.1 Å². The Hall–Kier alpha value is -1.07. The Kier molecular flexibility index (Phi) is 6.23. The minimum atomic E-state index is -3.15. The predicted octanol–water partition coefficient (Wildman–Crippen LogP) is 2.79. The number of benzene rings is 1. The van der Waals surface area contributed by atoms with Crippen LogP contribution in [0.15, 0.2) is 12.1 Å². The van der Waals surface area contributed by atoms with Gasteiger partial charge in [0, 0.05) is 11.8 Å². The van der Waals surface area contributed by atoms with E-state index in [1.165, 1.54) is 6.26 Å². The Bertz CT molecular complexity index is 581. The van der Waals surface area contributed by atoms with Gasteiger partial charge in [0.05, 0.1) is 18.4 Å². The van der Waals surface area contributed by atoms with Gasteiger partial charge in [-0.15, -0.1) is 0 Å². The summed E-state index contributed by atoms with van der Waals surface area (Å²) in [4.78, 5) is 0. The lowest BCUT2D eigenvalue weighted by Gasteiger charge is -2.28. The van der Waals surface area contributed by atoms with E-state index >= 15 is 0 Å². The van der Waals surface area contributed by atoms with E-state index in [1.54, 1.807) is 14.0 Å². The number of rotatable bonds is 7. The van der Waals surface area contributed by atoms with E-state index in [9.17, 15) is 8.42 Å². The van der Waals surface area contributed by atoms with Crippen LogP contribution in [0.4, 0.5) is 0 Å². The topological polar surface area (TPSA) is 55.4 Å². The predicted molar refractivity (Wildman–Crippen MR) is 87.8 cm³/mol. The number of nitrogens with one attached hydrogen (secondary N) is 1. The Morgan fingerprint density at radius 1 is 1.29 bits per heavy atom. The number of ether oxygens (including phenoxy) is 1. The second kappa shape index (κ2) is 7.27. The lowest BCUT2D eigenvalue weighted by Crippen LogP contribution is -2.36. The molecule has 5 heteroatoms. The molecule has 0 aliphatic rings. The summed E-state index contributed by atoms with van der Waals surface area (Å²) in [5.74, 6) is 0.747. The molecule has 0 heterocycles. The van der Waals surface area contributed by atoms with Crippen LogP contribution in [0.5, 0.6) is 5.75 Å². The van der Waals surface area contributed by atoms with Crippen LogP contribution in [0.1, 0.15) is 43.0 Å². The van der Waals surface area contributed by atoms with Crippen molar-refractivity contribution in [1.82, 2.24) is 5.32 Å². The fourth-order valence-corrected chi connectivity index (χ4v) is 3.28. The molecule has 0 saturated heterocycles. The van der Waals surface area contributed by atoms with Crippen molar-refractivity contribution in [2.75, 3.05) is 19.9 Å². The first-order valence-corrected chi connectivity index (χ1v) is 9.25. The average molecular weight is 313 g/mol. The maximum atomic E-state index is 12.0. The van der Waals surface area contributed by atoms with Crippen LogP contribution in [-0.2, 0) is 9.84 Å². The number of hydrogen-bond donors (Lipinski definition) is 1. The fourth-order valence-electron chi connectivity index (χ4n) is 2.56. The van der Waals surface area contributed by atoms with E-state index in [2.05, 4.69) is 18.3 Å². The van der Waals surface area contributed by atoms with Crippen LogP contribution in [-0.4, -0.2) is 33.6 Å². The van der Waals surface area contributed by atoms with Gasteiger partial charge in [-0.1, -0.05) is 13.0 Å². The molecule has 1 aromatic carbocycles. The molecule has 1 rings (SSSR count). The molecule has 0 saturated carbocycles. The van der Waals surface area contributed by atoms with Crippen LogP contribution >= 0.6 is 0 Å². The highest BCUT2D eigenvalue weighted by atomic mass is 32.2. The molecule has 0 aliphatic carbocycles. The van der Waals surface area contributed by atoms with Crippen molar-refractivity contribution in [3.05, 3.63) is 28.8 Å². The summed E-state index contributed by atoms with van der Waals surface area (Å²) in [5, 5.41) is 2.85. The maximum absolute atomic E-state index is 12.0. The highest BCUT2D eigenvalue weighted by Crippen LogP contribution is 2.33. The fraction of sp³-hybridized carbons (Fsp3) is 0.625. The summed E-state index contributed by atoms with van der Waals surface area (Å²) < 4.78 is 29.5. The molecule has 1 N–H and O–H groups in total. The van der Waals surface area contributed by atoms with Crippen molar-refractivity contribution in [3.8, 4) is 5.75 Å². The summed E-state index contributed by atoms with van der Waals surface area (Å²) in [7, 11) is -1.53. The third kappa shape index (κ3) is 4.45. The molecule has 0 bridgehead atoms. The molecule has 1 aromatic rings. The smallest absolute Gasteiger partial charge is 0.151 e. The second-order valence-electron chi connectivity index (χ2n) is 5.66. The van der Waals surface area contributed by atoms with Crippen molar-refractivity contribution in [2.24, 2.45) is 0 Å². The molecular formula is C16H27NO3S. The monoisotopic (exact) mass is 313 g/mol. The van der Waals surface area contributed by atoms with E-state index in [0.29, 0.717) is 0 Å². The standard InChI is InChI=1S/C16H27NO3S/c1-7-8-17-16(13(4)21(6,18)19)15-12(3)9-11(2)10-14(15)20-5/h9-10,13,16-17H,7-8H2,1-6H3. The Balaban J connectivity index is 3.39. The van der Waals surface area contributed by atoms with Gasteiger partial charge in [-0.3, -0.25) is 0 Å². The van der Waals surface area contributed by atoms with Crippen LogP contribution in [0.25, 0.3) is 0 Å². The normalized spacial score (nSPS) is 14.8. The Labute approximate surface area is 128 Å². The summed E-state index contributed by atoms with van der Waals surface area (Å²) in [6, 6.07) is 3.75. The molecule has 120 valence electrons. The van der Waals surface area contributed by atoms with E-state index in [-0.39, 0.29) is 6.04 Å². The number of aryl methyl sites for hydroxylation is 2. The average Bonchev–Trinajstić information content (AvgIpc) is 2.38. The van der Waals surface area contributed by atoms with E-state index in [1.807, 2.05) is 19.9 Å².